The Balaban J connectivity index is 1.69. The van der Waals surface area contributed by atoms with Gasteiger partial charge in [-0.2, -0.15) is 0 Å². The molecule has 1 heterocycles. The smallest absolute Gasteiger partial charge is 0.234 e. The zero-order chi connectivity index (χ0) is 19.6. The molecule has 0 aliphatic heterocycles. The summed E-state index contributed by atoms with van der Waals surface area (Å²) in [6, 6.07) is 8.62. The fourth-order valence-electron chi connectivity index (χ4n) is 2.17. The van der Waals surface area contributed by atoms with E-state index in [1.165, 1.54) is 23.9 Å². The summed E-state index contributed by atoms with van der Waals surface area (Å²) in [6.07, 6.45) is 1.57. The zero-order valence-electron chi connectivity index (χ0n) is 13.8. The molecule has 0 fully saturated rings. The zero-order valence-corrected chi connectivity index (χ0v) is 17.7. The van der Waals surface area contributed by atoms with E-state index >= 15 is 0 Å². The van der Waals surface area contributed by atoms with Crippen LogP contribution in [0, 0.1) is 6.92 Å². The summed E-state index contributed by atoms with van der Waals surface area (Å²) in [6.45, 7) is 1.92. The Morgan fingerprint density at radius 2 is 1.81 bits per heavy atom. The SMILES string of the molecule is Cc1ccc(-n2cnnc2SCC(=O)Nc2cc(Cl)c(Cl)cc2Cl)cc1Cl. The standard InChI is InChI=1S/C17H12Cl4N4OS/c1-9-2-3-10(4-11(9)18)25-8-22-24-17(25)27-7-16(26)23-15-6-13(20)12(19)5-14(15)21/h2-6,8H,7H2,1H3,(H,23,26). The van der Waals surface area contributed by atoms with Crippen LogP contribution in [0.3, 0.4) is 0 Å². The summed E-state index contributed by atoms with van der Waals surface area (Å²) >= 11 is 25.3. The number of hydrogen-bond donors (Lipinski definition) is 1. The molecule has 0 aliphatic rings. The van der Waals surface area contributed by atoms with Crippen molar-refractivity contribution in [2.24, 2.45) is 0 Å². The number of anilines is 1. The number of hydrogen-bond acceptors (Lipinski definition) is 4. The number of nitrogens with zero attached hydrogens (tertiary/aromatic N) is 3. The van der Waals surface area contributed by atoms with Gasteiger partial charge in [0.2, 0.25) is 5.91 Å². The average molecular weight is 462 g/mol. The van der Waals surface area contributed by atoms with Crippen molar-refractivity contribution in [3.8, 4) is 5.69 Å². The van der Waals surface area contributed by atoms with Gasteiger partial charge in [0.25, 0.3) is 0 Å². The second-order valence-electron chi connectivity index (χ2n) is 5.50. The minimum absolute atomic E-state index is 0.106. The van der Waals surface area contributed by atoms with Crippen LogP contribution in [-0.2, 0) is 4.79 Å². The molecule has 0 unspecified atom stereocenters. The number of thioether (sulfide) groups is 1. The summed E-state index contributed by atoms with van der Waals surface area (Å²) in [7, 11) is 0. The molecule has 2 aromatic carbocycles. The molecule has 27 heavy (non-hydrogen) atoms. The van der Waals surface area contributed by atoms with Crippen LogP contribution in [0.2, 0.25) is 20.1 Å². The van der Waals surface area contributed by atoms with Crippen molar-refractivity contribution in [3.05, 3.63) is 62.3 Å². The van der Waals surface area contributed by atoms with Crippen molar-refractivity contribution >= 4 is 69.8 Å². The summed E-state index contributed by atoms with van der Waals surface area (Å²) < 4.78 is 1.76. The van der Waals surface area contributed by atoms with Gasteiger partial charge in [0.1, 0.15) is 6.33 Å². The van der Waals surface area contributed by atoms with Crippen LogP contribution in [0.15, 0.2) is 41.8 Å². The minimum atomic E-state index is -0.267. The van der Waals surface area contributed by atoms with Gasteiger partial charge in [0, 0.05) is 5.02 Å². The first-order valence-electron chi connectivity index (χ1n) is 7.59. The maximum Gasteiger partial charge on any atom is 0.234 e. The minimum Gasteiger partial charge on any atom is -0.324 e. The van der Waals surface area contributed by atoms with Crippen molar-refractivity contribution in [2.75, 3.05) is 11.1 Å². The molecule has 0 atom stereocenters. The Morgan fingerprint density at radius 1 is 1.07 bits per heavy atom. The molecule has 1 amide bonds. The molecule has 0 radical (unpaired) electrons. The van der Waals surface area contributed by atoms with Gasteiger partial charge in [-0.15, -0.1) is 10.2 Å². The van der Waals surface area contributed by atoms with E-state index in [0.717, 1.165) is 11.3 Å². The monoisotopic (exact) mass is 460 g/mol. The largest absolute Gasteiger partial charge is 0.324 e. The third kappa shape index (κ3) is 4.89. The molecule has 1 N–H and O–H groups in total. The summed E-state index contributed by atoms with van der Waals surface area (Å²) in [5.74, 6) is -0.161. The lowest BCUT2D eigenvalue weighted by Gasteiger charge is -2.10. The van der Waals surface area contributed by atoms with Crippen LogP contribution in [0.5, 0.6) is 0 Å². The van der Waals surface area contributed by atoms with Crippen LogP contribution >= 0.6 is 58.2 Å². The third-order valence-corrected chi connectivity index (χ3v) is 5.95. The predicted octanol–water partition coefficient (Wildman–Crippen LogP) is 5.92. The molecule has 0 spiro atoms. The van der Waals surface area contributed by atoms with Gasteiger partial charge in [-0.25, -0.2) is 0 Å². The molecule has 3 rings (SSSR count). The molecule has 0 saturated heterocycles. The van der Waals surface area contributed by atoms with Gasteiger partial charge < -0.3 is 5.32 Å². The van der Waals surface area contributed by atoms with Crippen LogP contribution < -0.4 is 5.32 Å². The predicted molar refractivity (Wildman–Crippen MR) is 112 cm³/mol. The van der Waals surface area contributed by atoms with E-state index in [1.54, 1.807) is 10.9 Å². The van der Waals surface area contributed by atoms with Gasteiger partial charge in [-0.3, -0.25) is 9.36 Å². The quantitative estimate of drug-likeness (QED) is 0.378. The van der Waals surface area contributed by atoms with E-state index in [1.807, 2.05) is 25.1 Å². The number of carbonyl (C=O) groups is 1. The molecule has 10 heteroatoms. The Bertz CT molecular complexity index is 1010. The second-order valence-corrected chi connectivity index (χ2v) is 8.07. The van der Waals surface area contributed by atoms with Crippen molar-refractivity contribution in [1.82, 2.24) is 14.8 Å². The molecule has 1 aromatic heterocycles. The average Bonchev–Trinajstić information content (AvgIpc) is 3.09. The number of carbonyl (C=O) groups excluding carboxylic acids is 1. The highest BCUT2D eigenvalue weighted by molar-refractivity contribution is 7.99. The molecule has 0 bridgehead atoms. The number of rotatable bonds is 5. The Labute approximate surface area is 180 Å². The van der Waals surface area contributed by atoms with Crippen LogP contribution in [0.25, 0.3) is 5.69 Å². The Morgan fingerprint density at radius 3 is 2.56 bits per heavy atom. The van der Waals surface area contributed by atoms with E-state index in [-0.39, 0.29) is 11.7 Å². The second kappa shape index (κ2) is 8.71. The van der Waals surface area contributed by atoms with Crippen molar-refractivity contribution in [2.45, 2.75) is 12.1 Å². The molecule has 0 aliphatic carbocycles. The third-order valence-electron chi connectivity index (χ3n) is 3.57. The lowest BCUT2D eigenvalue weighted by molar-refractivity contribution is -0.113. The number of nitrogens with one attached hydrogen (secondary N) is 1. The summed E-state index contributed by atoms with van der Waals surface area (Å²) in [5.41, 5.74) is 2.18. The van der Waals surface area contributed by atoms with Gasteiger partial charge >= 0.3 is 0 Å². The van der Waals surface area contributed by atoms with Crippen molar-refractivity contribution < 1.29 is 4.79 Å². The molecule has 0 saturated carbocycles. The Hall–Kier alpha value is -1.44. The lowest BCUT2D eigenvalue weighted by Crippen LogP contribution is -2.15. The van der Waals surface area contributed by atoms with E-state index in [0.29, 0.717) is 30.9 Å². The highest BCUT2D eigenvalue weighted by Crippen LogP contribution is 2.32. The van der Waals surface area contributed by atoms with Crippen molar-refractivity contribution in [3.63, 3.8) is 0 Å². The molecule has 3 aromatic rings. The summed E-state index contributed by atoms with van der Waals surface area (Å²) in [5, 5.41) is 12.8. The van der Waals surface area contributed by atoms with Crippen molar-refractivity contribution in [1.29, 1.82) is 0 Å². The van der Waals surface area contributed by atoms with E-state index in [4.69, 9.17) is 46.4 Å². The summed E-state index contributed by atoms with van der Waals surface area (Å²) in [4.78, 5) is 12.3. The number of aromatic nitrogens is 3. The van der Waals surface area contributed by atoms with Gasteiger partial charge in [-0.05, 0) is 36.8 Å². The van der Waals surface area contributed by atoms with Crippen LogP contribution in [0.4, 0.5) is 5.69 Å². The van der Waals surface area contributed by atoms with E-state index in [9.17, 15) is 4.79 Å². The van der Waals surface area contributed by atoms with Gasteiger partial charge in [-0.1, -0.05) is 64.2 Å². The number of benzene rings is 2. The molecular formula is C17H12Cl4N4OS. The van der Waals surface area contributed by atoms with Crippen LogP contribution in [-0.4, -0.2) is 26.4 Å². The normalized spacial score (nSPS) is 10.9. The number of aryl methyl sites for hydroxylation is 1. The first-order valence-corrected chi connectivity index (χ1v) is 10.1. The highest BCUT2D eigenvalue weighted by atomic mass is 35.5. The highest BCUT2D eigenvalue weighted by Gasteiger charge is 2.13. The van der Waals surface area contributed by atoms with Gasteiger partial charge in [0.15, 0.2) is 5.16 Å². The topological polar surface area (TPSA) is 59.8 Å². The molecule has 140 valence electrons. The van der Waals surface area contributed by atoms with E-state index < -0.39 is 0 Å². The fraction of sp³-hybridized carbons (Fsp3) is 0.118. The molecular weight excluding hydrogens is 450 g/mol. The first kappa shape index (κ1) is 20.3. The Kier molecular flexibility index (Phi) is 6.55. The number of halogens is 4. The number of amides is 1. The van der Waals surface area contributed by atoms with Gasteiger partial charge in [0.05, 0.1) is 32.2 Å². The molecule has 5 nitrogen and oxygen atoms in total. The van der Waals surface area contributed by atoms with E-state index in [2.05, 4.69) is 15.5 Å². The maximum atomic E-state index is 12.3. The first-order chi connectivity index (χ1) is 12.8. The maximum absolute atomic E-state index is 12.3. The van der Waals surface area contributed by atoms with Crippen LogP contribution in [0.1, 0.15) is 5.56 Å². The fourth-order valence-corrected chi connectivity index (χ4v) is 3.66. The lowest BCUT2D eigenvalue weighted by atomic mass is 10.2.